The molecule has 3 aromatic rings. The number of nitrogens with zero attached hydrogens (tertiary/aromatic N) is 2. The van der Waals surface area contributed by atoms with Gasteiger partial charge in [0.1, 0.15) is 16.4 Å². The highest BCUT2D eigenvalue weighted by molar-refractivity contribution is 7.18. The van der Waals surface area contributed by atoms with Gasteiger partial charge in [0.15, 0.2) is 5.82 Å². The minimum absolute atomic E-state index is 0.730. The van der Waals surface area contributed by atoms with Gasteiger partial charge in [0.05, 0.1) is 17.2 Å². The van der Waals surface area contributed by atoms with Gasteiger partial charge >= 0.3 is 0 Å². The second kappa shape index (κ2) is 5.48. The average Bonchev–Trinajstić information content (AvgIpc) is 3.01. The number of thiophene rings is 1. The SMILES string of the molecule is CCCNc1nc(-c2ccoc2C)nc2sc(C)c(C)c12. The van der Waals surface area contributed by atoms with Crippen molar-refractivity contribution in [1.29, 1.82) is 0 Å². The zero-order chi connectivity index (χ0) is 15.0. The maximum absolute atomic E-state index is 5.38. The number of nitrogens with one attached hydrogen (secondary N) is 1. The van der Waals surface area contributed by atoms with Gasteiger partial charge in [0.25, 0.3) is 0 Å². The summed E-state index contributed by atoms with van der Waals surface area (Å²) in [5, 5.41) is 4.59. The van der Waals surface area contributed by atoms with Crippen LogP contribution in [0.4, 0.5) is 5.82 Å². The Morgan fingerprint density at radius 2 is 2.05 bits per heavy atom. The average molecular weight is 301 g/mol. The third kappa shape index (κ3) is 2.42. The molecule has 0 amide bonds. The minimum Gasteiger partial charge on any atom is -0.469 e. The Morgan fingerprint density at radius 3 is 2.71 bits per heavy atom. The van der Waals surface area contributed by atoms with Crippen LogP contribution >= 0.6 is 11.3 Å². The third-order valence-corrected chi connectivity index (χ3v) is 4.77. The summed E-state index contributed by atoms with van der Waals surface area (Å²) >= 11 is 1.72. The molecule has 21 heavy (non-hydrogen) atoms. The van der Waals surface area contributed by atoms with Crippen LogP contribution in [0, 0.1) is 20.8 Å². The lowest BCUT2D eigenvalue weighted by molar-refractivity contribution is 0.535. The maximum Gasteiger partial charge on any atom is 0.166 e. The van der Waals surface area contributed by atoms with Crippen LogP contribution in [0.3, 0.4) is 0 Å². The van der Waals surface area contributed by atoms with E-state index < -0.39 is 0 Å². The van der Waals surface area contributed by atoms with Crippen molar-refractivity contribution in [3.05, 3.63) is 28.5 Å². The molecular weight excluding hydrogens is 282 g/mol. The van der Waals surface area contributed by atoms with Crippen molar-refractivity contribution in [1.82, 2.24) is 9.97 Å². The van der Waals surface area contributed by atoms with Crippen LogP contribution in [0.5, 0.6) is 0 Å². The van der Waals surface area contributed by atoms with E-state index in [1.165, 1.54) is 10.4 Å². The predicted molar refractivity (Wildman–Crippen MR) is 88.1 cm³/mol. The number of furan rings is 1. The number of aryl methyl sites for hydroxylation is 3. The molecule has 3 rings (SSSR count). The summed E-state index contributed by atoms with van der Waals surface area (Å²) in [5.74, 6) is 2.51. The van der Waals surface area contributed by atoms with Gasteiger partial charge in [0.2, 0.25) is 0 Å². The van der Waals surface area contributed by atoms with Crippen molar-refractivity contribution in [2.24, 2.45) is 0 Å². The lowest BCUT2D eigenvalue weighted by atomic mass is 10.2. The Hall–Kier alpha value is -1.88. The van der Waals surface area contributed by atoms with E-state index >= 15 is 0 Å². The first kappa shape index (κ1) is 14.1. The predicted octanol–water partition coefficient (Wildman–Crippen LogP) is 4.70. The summed E-state index contributed by atoms with van der Waals surface area (Å²) in [6, 6.07) is 1.92. The fourth-order valence-electron chi connectivity index (χ4n) is 2.36. The lowest BCUT2D eigenvalue weighted by Gasteiger charge is -2.08. The summed E-state index contributed by atoms with van der Waals surface area (Å²) < 4.78 is 5.38. The molecule has 3 aromatic heterocycles. The highest BCUT2D eigenvalue weighted by atomic mass is 32.1. The molecule has 0 bridgehead atoms. The molecule has 0 aliphatic heterocycles. The van der Waals surface area contributed by atoms with Crippen LogP contribution in [0.2, 0.25) is 0 Å². The molecule has 0 spiro atoms. The number of aromatic nitrogens is 2. The van der Waals surface area contributed by atoms with E-state index in [-0.39, 0.29) is 0 Å². The smallest absolute Gasteiger partial charge is 0.166 e. The van der Waals surface area contributed by atoms with Crippen molar-refractivity contribution >= 4 is 27.4 Å². The molecule has 110 valence electrons. The van der Waals surface area contributed by atoms with E-state index in [9.17, 15) is 0 Å². The van der Waals surface area contributed by atoms with Crippen molar-refractivity contribution in [3.63, 3.8) is 0 Å². The summed E-state index contributed by atoms with van der Waals surface area (Å²) in [6.07, 6.45) is 2.75. The molecule has 0 aliphatic carbocycles. The molecule has 0 fully saturated rings. The van der Waals surface area contributed by atoms with Gasteiger partial charge in [-0.25, -0.2) is 9.97 Å². The van der Waals surface area contributed by atoms with Crippen LogP contribution in [0.1, 0.15) is 29.5 Å². The van der Waals surface area contributed by atoms with E-state index in [4.69, 9.17) is 14.4 Å². The van der Waals surface area contributed by atoms with Crippen LogP contribution < -0.4 is 5.32 Å². The number of anilines is 1. The summed E-state index contributed by atoms with van der Waals surface area (Å²) in [4.78, 5) is 11.8. The molecule has 0 aliphatic rings. The van der Waals surface area contributed by atoms with Gasteiger partial charge in [-0.3, -0.25) is 0 Å². The standard InChI is InChI=1S/C16H19N3OS/c1-5-7-17-15-13-9(2)11(4)21-16(13)19-14(18-15)12-6-8-20-10(12)3/h6,8H,5,7H2,1-4H3,(H,17,18,19). The first-order valence-corrected chi connectivity index (χ1v) is 7.99. The van der Waals surface area contributed by atoms with Crippen molar-refractivity contribution in [2.45, 2.75) is 34.1 Å². The van der Waals surface area contributed by atoms with Crippen molar-refractivity contribution in [3.8, 4) is 11.4 Å². The number of hydrogen-bond acceptors (Lipinski definition) is 5. The molecule has 1 N–H and O–H groups in total. The van der Waals surface area contributed by atoms with Crippen LogP contribution in [-0.2, 0) is 0 Å². The first-order chi connectivity index (χ1) is 10.1. The second-order valence-corrected chi connectivity index (χ2v) is 6.38. The first-order valence-electron chi connectivity index (χ1n) is 7.18. The summed E-state index contributed by atoms with van der Waals surface area (Å²) in [6.45, 7) is 9.26. The normalized spacial score (nSPS) is 11.2. The molecule has 3 heterocycles. The number of rotatable bonds is 4. The van der Waals surface area contributed by atoms with Gasteiger partial charge in [0, 0.05) is 11.4 Å². The molecule has 0 atom stereocenters. The second-order valence-electron chi connectivity index (χ2n) is 5.18. The Bertz CT molecular complexity index is 788. The molecule has 4 nitrogen and oxygen atoms in total. The quantitative estimate of drug-likeness (QED) is 0.759. The summed E-state index contributed by atoms with van der Waals surface area (Å²) in [5.41, 5.74) is 2.23. The van der Waals surface area contributed by atoms with Gasteiger partial charge < -0.3 is 9.73 Å². The fraction of sp³-hybridized carbons (Fsp3) is 0.375. The van der Waals surface area contributed by atoms with Gasteiger partial charge in [-0.05, 0) is 38.8 Å². The van der Waals surface area contributed by atoms with Crippen LogP contribution in [0.25, 0.3) is 21.6 Å². The van der Waals surface area contributed by atoms with E-state index in [0.29, 0.717) is 0 Å². The van der Waals surface area contributed by atoms with Gasteiger partial charge in [-0.1, -0.05) is 6.92 Å². The minimum atomic E-state index is 0.730. The highest BCUT2D eigenvalue weighted by Crippen LogP contribution is 2.35. The largest absolute Gasteiger partial charge is 0.469 e. The Morgan fingerprint density at radius 1 is 1.24 bits per heavy atom. The third-order valence-electron chi connectivity index (χ3n) is 3.67. The zero-order valence-corrected chi connectivity index (χ0v) is 13.6. The molecule has 0 radical (unpaired) electrons. The Labute approximate surface area is 128 Å². The topological polar surface area (TPSA) is 51.0 Å². The maximum atomic E-state index is 5.38. The molecule has 0 unspecified atom stereocenters. The number of hydrogen-bond donors (Lipinski definition) is 1. The van der Waals surface area contributed by atoms with Crippen molar-refractivity contribution in [2.75, 3.05) is 11.9 Å². The van der Waals surface area contributed by atoms with Crippen LogP contribution in [-0.4, -0.2) is 16.5 Å². The molecule has 0 saturated carbocycles. The lowest BCUT2D eigenvalue weighted by Crippen LogP contribution is -2.04. The van der Waals surface area contributed by atoms with E-state index in [1.807, 2.05) is 13.0 Å². The molecule has 5 heteroatoms. The molecular formula is C16H19N3OS. The van der Waals surface area contributed by atoms with E-state index in [1.54, 1.807) is 17.6 Å². The molecule has 0 aromatic carbocycles. The monoisotopic (exact) mass is 301 g/mol. The number of fused-ring (bicyclic) bond motifs is 1. The van der Waals surface area contributed by atoms with Gasteiger partial charge in [-0.2, -0.15) is 0 Å². The highest BCUT2D eigenvalue weighted by Gasteiger charge is 2.16. The van der Waals surface area contributed by atoms with E-state index in [2.05, 4.69) is 26.1 Å². The summed E-state index contributed by atoms with van der Waals surface area (Å²) in [7, 11) is 0. The molecule has 0 saturated heterocycles. The fourth-order valence-corrected chi connectivity index (χ4v) is 3.39. The van der Waals surface area contributed by atoms with Crippen molar-refractivity contribution < 1.29 is 4.42 Å². The zero-order valence-electron chi connectivity index (χ0n) is 12.8. The van der Waals surface area contributed by atoms with E-state index in [0.717, 1.165) is 46.1 Å². The van der Waals surface area contributed by atoms with Crippen LogP contribution in [0.15, 0.2) is 16.7 Å². The van der Waals surface area contributed by atoms with Gasteiger partial charge in [-0.15, -0.1) is 11.3 Å². The Balaban J connectivity index is 2.22. The Kier molecular flexibility index (Phi) is 3.68.